The number of aromatic nitrogens is 2. The van der Waals surface area contributed by atoms with Gasteiger partial charge in [0.25, 0.3) is 0 Å². The van der Waals surface area contributed by atoms with Crippen LogP contribution in [-0.4, -0.2) is 9.97 Å². The predicted octanol–water partition coefficient (Wildman–Crippen LogP) is 3.67. The molecule has 2 aromatic carbocycles. The van der Waals surface area contributed by atoms with Crippen LogP contribution >= 0.6 is 0 Å². The van der Waals surface area contributed by atoms with Crippen molar-refractivity contribution in [1.29, 1.82) is 0 Å². The van der Waals surface area contributed by atoms with Crippen LogP contribution in [0.2, 0.25) is 0 Å². The Labute approximate surface area is 129 Å². The van der Waals surface area contributed by atoms with Crippen molar-refractivity contribution < 1.29 is 4.74 Å². The first-order valence-electron chi connectivity index (χ1n) is 7.17. The van der Waals surface area contributed by atoms with Crippen molar-refractivity contribution in [1.82, 2.24) is 9.97 Å². The maximum absolute atomic E-state index is 5.73. The molecule has 110 valence electrons. The van der Waals surface area contributed by atoms with Gasteiger partial charge in [-0.15, -0.1) is 0 Å². The van der Waals surface area contributed by atoms with Crippen LogP contribution in [-0.2, 0) is 13.2 Å². The number of nitrogens with one attached hydrogen (secondary N) is 1. The van der Waals surface area contributed by atoms with Crippen LogP contribution in [0.3, 0.4) is 0 Å². The number of benzene rings is 2. The Morgan fingerprint density at radius 1 is 0.773 bits per heavy atom. The number of hydrogen-bond donors (Lipinski definition) is 1. The summed E-state index contributed by atoms with van der Waals surface area (Å²) in [5.41, 5.74) is 2.32. The number of nitrogens with zero attached hydrogens (tertiary/aromatic N) is 2. The lowest BCUT2D eigenvalue weighted by atomic mass is 10.1. The second-order valence-electron chi connectivity index (χ2n) is 4.84. The van der Waals surface area contributed by atoms with E-state index < -0.39 is 0 Å². The molecule has 0 bridgehead atoms. The summed E-state index contributed by atoms with van der Waals surface area (Å²) in [6, 6.07) is 19.9. The third-order valence-corrected chi connectivity index (χ3v) is 3.19. The molecular formula is C18H17N3O. The molecule has 4 nitrogen and oxygen atoms in total. The average Bonchev–Trinajstić information content (AvgIpc) is 2.61. The molecule has 1 aromatic heterocycles. The van der Waals surface area contributed by atoms with Gasteiger partial charge in [-0.3, -0.25) is 0 Å². The van der Waals surface area contributed by atoms with Crippen molar-refractivity contribution in [2.24, 2.45) is 0 Å². The van der Waals surface area contributed by atoms with Crippen molar-refractivity contribution in [3.63, 3.8) is 0 Å². The minimum Gasteiger partial charge on any atom is -0.489 e. The molecule has 0 amide bonds. The second kappa shape index (κ2) is 7.22. The molecule has 1 heterocycles. The van der Waals surface area contributed by atoms with Gasteiger partial charge in [0.15, 0.2) is 0 Å². The van der Waals surface area contributed by atoms with E-state index in [2.05, 4.69) is 39.6 Å². The van der Waals surface area contributed by atoms with Gasteiger partial charge in [0.2, 0.25) is 5.95 Å². The van der Waals surface area contributed by atoms with Crippen molar-refractivity contribution in [3.05, 3.63) is 84.2 Å². The van der Waals surface area contributed by atoms with Crippen molar-refractivity contribution in [2.75, 3.05) is 5.32 Å². The third kappa shape index (κ3) is 4.06. The smallest absolute Gasteiger partial charge is 0.222 e. The van der Waals surface area contributed by atoms with Crippen molar-refractivity contribution in [2.45, 2.75) is 13.2 Å². The Morgan fingerprint density at radius 3 is 2.18 bits per heavy atom. The van der Waals surface area contributed by atoms with Gasteiger partial charge in [0.05, 0.1) is 0 Å². The summed E-state index contributed by atoms with van der Waals surface area (Å²) in [5.74, 6) is 1.52. The molecule has 0 aliphatic rings. The first kappa shape index (κ1) is 14.1. The lowest BCUT2D eigenvalue weighted by Gasteiger charge is -2.08. The molecule has 0 saturated heterocycles. The van der Waals surface area contributed by atoms with E-state index in [-0.39, 0.29) is 0 Å². The summed E-state index contributed by atoms with van der Waals surface area (Å²) in [5, 5.41) is 3.18. The van der Waals surface area contributed by atoms with Crippen LogP contribution in [0, 0.1) is 0 Å². The zero-order valence-electron chi connectivity index (χ0n) is 12.1. The molecule has 0 unspecified atom stereocenters. The molecule has 4 heteroatoms. The van der Waals surface area contributed by atoms with Crippen LogP contribution in [0.15, 0.2) is 73.1 Å². The lowest BCUT2D eigenvalue weighted by Crippen LogP contribution is -2.03. The van der Waals surface area contributed by atoms with Crippen LogP contribution in [0.4, 0.5) is 5.95 Å². The number of hydrogen-bond acceptors (Lipinski definition) is 4. The molecule has 0 atom stereocenters. The highest BCUT2D eigenvalue weighted by Gasteiger charge is 1.98. The molecule has 0 aliphatic carbocycles. The molecule has 0 spiro atoms. The van der Waals surface area contributed by atoms with Crippen LogP contribution in [0.1, 0.15) is 11.1 Å². The van der Waals surface area contributed by atoms with E-state index in [0.717, 1.165) is 11.3 Å². The fourth-order valence-electron chi connectivity index (χ4n) is 2.01. The molecule has 22 heavy (non-hydrogen) atoms. The molecule has 0 fully saturated rings. The number of ether oxygens (including phenoxy) is 1. The maximum atomic E-state index is 5.73. The summed E-state index contributed by atoms with van der Waals surface area (Å²) in [7, 11) is 0. The minimum atomic E-state index is 0.569. The van der Waals surface area contributed by atoms with E-state index in [1.165, 1.54) is 5.56 Å². The van der Waals surface area contributed by atoms with Crippen LogP contribution < -0.4 is 10.1 Å². The highest BCUT2D eigenvalue weighted by molar-refractivity contribution is 5.29. The summed E-state index contributed by atoms with van der Waals surface area (Å²) < 4.78 is 5.73. The van der Waals surface area contributed by atoms with Gasteiger partial charge >= 0.3 is 0 Å². The van der Waals surface area contributed by atoms with Gasteiger partial charge < -0.3 is 10.1 Å². The van der Waals surface area contributed by atoms with Gasteiger partial charge in [0, 0.05) is 18.9 Å². The first-order valence-corrected chi connectivity index (χ1v) is 7.17. The molecule has 0 saturated carbocycles. The normalized spacial score (nSPS) is 10.2. The molecule has 1 N–H and O–H groups in total. The summed E-state index contributed by atoms with van der Waals surface area (Å²) in [6.45, 7) is 1.27. The Bertz CT molecular complexity index is 622. The SMILES string of the molecule is c1ccc(OCc2ccc(CNc3ncccn3)cc2)cc1. The number of anilines is 1. The standard InChI is InChI=1S/C18H17N3O/c1-2-5-17(6-3-1)22-14-16-9-7-15(8-10-16)13-21-18-19-11-4-12-20-18/h1-12H,13-14H2,(H,19,20,21). The van der Waals surface area contributed by atoms with E-state index in [4.69, 9.17) is 4.74 Å². The number of para-hydroxylation sites is 1. The van der Waals surface area contributed by atoms with E-state index >= 15 is 0 Å². The Hall–Kier alpha value is -2.88. The monoisotopic (exact) mass is 291 g/mol. The maximum Gasteiger partial charge on any atom is 0.222 e. The highest BCUT2D eigenvalue weighted by atomic mass is 16.5. The van der Waals surface area contributed by atoms with Crippen LogP contribution in [0.25, 0.3) is 0 Å². The Balaban J connectivity index is 1.52. The fraction of sp³-hybridized carbons (Fsp3) is 0.111. The largest absolute Gasteiger partial charge is 0.489 e. The Kier molecular flexibility index (Phi) is 4.62. The average molecular weight is 291 g/mol. The third-order valence-electron chi connectivity index (χ3n) is 3.19. The highest BCUT2D eigenvalue weighted by Crippen LogP contribution is 2.12. The van der Waals surface area contributed by atoms with Gasteiger partial charge in [-0.2, -0.15) is 0 Å². The summed E-state index contributed by atoms with van der Waals surface area (Å²) >= 11 is 0. The molecular weight excluding hydrogens is 274 g/mol. The van der Waals surface area contributed by atoms with Gasteiger partial charge in [0.1, 0.15) is 12.4 Å². The quantitative estimate of drug-likeness (QED) is 0.753. The fourth-order valence-corrected chi connectivity index (χ4v) is 2.01. The molecule has 0 radical (unpaired) electrons. The Morgan fingerprint density at radius 2 is 1.45 bits per heavy atom. The van der Waals surface area contributed by atoms with E-state index in [9.17, 15) is 0 Å². The van der Waals surface area contributed by atoms with Crippen molar-refractivity contribution >= 4 is 5.95 Å². The molecule has 3 aromatic rings. The second-order valence-corrected chi connectivity index (χ2v) is 4.84. The molecule has 3 rings (SSSR count). The first-order chi connectivity index (χ1) is 10.9. The summed E-state index contributed by atoms with van der Waals surface area (Å²) in [4.78, 5) is 8.26. The van der Waals surface area contributed by atoms with Crippen LogP contribution in [0.5, 0.6) is 5.75 Å². The molecule has 0 aliphatic heterocycles. The van der Waals surface area contributed by atoms with Crippen molar-refractivity contribution in [3.8, 4) is 5.75 Å². The van der Waals surface area contributed by atoms with Gasteiger partial charge in [-0.1, -0.05) is 42.5 Å². The minimum absolute atomic E-state index is 0.569. The van der Waals surface area contributed by atoms with E-state index in [0.29, 0.717) is 19.1 Å². The van der Waals surface area contributed by atoms with E-state index in [1.54, 1.807) is 18.5 Å². The zero-order valence-corrected chi connectivity index (χ0v) is 12.1. The lowest BCUT2D eigenvalue weighted by molar-refractivity contribution is 0.306. The predicted molar refractivity (Wildman–Crippen MR) is 86.6 cm³/mol. The number of rotatable bonds is 6. The zero-order chi connectivity index (χ0) is 15.0. The van der Waals surface area contributed by atoms with Gasteiger partial charge in [-0.25, -0.2) is 9.97 Å². The topological polar surface area (TPSA) is 47.0 Å². The summed E-state index contributed by atoms with van der Waals surface area (Å²) in [6.07, 6.45) is 3.44. The van der Waals surface area contributed by atoms with Gasteiger partial charge in [-0.05, 0) is 29.3 Å². The van der Waals surface area contributed by atoms with E-state index in [1.807, 2.05) is 30.3 Å².